The number of aryl methyl sites for hydroxylation is 1. The van der Waals surface area contributed by atoms with Crippen LogP contribution in [-0.4, -0.2) is 66.9 Å². The summed E-state index contributed by atoms with van der Waals surface area (Å²) in [4.78, 5) is 11.0. The van der Waals surface area contributed by atoms with Crippen LogP contribution in [0.1, 0.15) is 12.5 Å². The predicted octanol–water partition coefficient (Wildman–Crippen LogP) is -1.36. The largest absolute Gasteiger partial charge is 0.388 e. The van der Waals surface area contributed by atoms with Crippen molar-refractivity contribution in [3.05, 3.63) is 29.8 Å². The van der Waals surface area contributed by atoms with E-state index in [2.05, 4.69) is 5.32 Å². The lowest BCUT2D eigenvalue weighted by Crippen LogP contribution is -2.64. The molecule has 0 saturated carbocycles. The Morgan fingerprint density at radius 2 is 1.80 bits per heavy atom. The molecule has 140 valence electrons. The maximum Gasteiger partial charge on any atom is 0.297 e. The van der Waals surface area contributed by atoms with Gasteiger partial charge in [0.05, 0.1) is 11.5 Å². The van der Waals surface area contributed by atoms with Crippen molar-refractivity contribution in [1.29, 1.82) is 0 Å². The Labute approximate surface area is 145 Å². The molecule has 10 heteroatoms. The number of rotatable bonds is 5. The standard InChI is InChI=1S/C15H21NO8S/c1-8-3-5-10(6-4-8)25(21,22)23-7-11-13(18)14(19)12(15(20)24-11)16-9(2)17/h3-6,11-15,18-20H,7H2,1-2H3,(H,16,17)/t11-,12+,13-,14+,15+/m1/s1. The first-order valence-electron chi connectivity index (χ1n) is 7.54. The average molecular weight is 375 g/mol. The number of amides is 1. The highest BCUT2D eigenvalue weighted by molar-refractivity contribution is 7.86. The fourth-order valence-corrected chi connectivity index (χ4v) is 3.32. The quantitative estimate of drug-likeness (QED) is 0.463. The molecule has 25 heavy (non-hydrogen) atoms. The normalized spacial score (nSPS) is 30.0. The van der Waals surface area contributed by atoms with Crippen LogP contribution in [0.5, 0.6) is 0 Å². The molecular weight excluding hydrogens is 354 g/mol. The molecule has 0 bridgehead atoms. The Morgan fingerprint density at radius 3 is 2.36 bits per heavy atom. The van der Waals surface area contributed by atoms with Crippen molar-refractivity contribution < 1.29 is 37.5 Å². The van der Waals surface area contributed by atoms with Gasteiger partial charge in [-0.05, 0) is 19.1 Å². The number of aliphatic hydroxyl groups excluding tert-OH is 3. The Balaban J connectivity index is 2.03. The van der Waals surface area contributed by atoms with Gasteiger partial charge in [-0.2, -0.15) is 8.42 Å². The van der Waals surface area contributed by atoms with Crippen LogP contribution in [0.2, 0.25) is 0 Å². The lowest BCUT2D eigenvalue weighted by atomic mass is 9.97. The van der Waals surface area contributed by atoms with E-state index in [1.54, 1.807) is 19.1 Å². The Hall–Kier alpha value is -1.56. The van der Waals surface area contributed by atoms with Crippen LogP contribution >= 0.6 is 0 Å². The third kappa shape index (κ3) is 4.75. The van der Waals surface area contributed by atoms with E-state index >= 15 is 0 Å². The summed E-state index contributed by atoms with van der Waals surface area (Å²) in [5.74, 6) is -0.532. The van der Waals surface area contributed by atoms with Gasteiger partial charge in [0.1, 0.15) is 24.4 Å². The smallest absolute Gasteiger partial charge is 0.297 e. The van der Waals surface area contributed by atoms with Crippen LogP contribution in [0.25, 0.3) is 0 Å². The number of nitrogens with one attached hydrogen (secondary N) is 1. The molecule has 0 aliphatic carbocycles. The van der Waals surface area contributed by atoms with Gasteiger partial charge in [-0.25, -0.2) is 0 Å². The molecule has 0 spiro atoms. The number of carbonyl (C=O) groups is 1. The second-order valence-corrected chi connectivity index (χ2v) is 7.44. The van der Waals surface area contributed by atoms with E-state index < -0.39 is 53.3 Å². The van der Waals surface area contributed by atoms with Crippen molar-refractivity contribution in [2.75, 3.05) is 6.61 Å². The maximum absolute atomic E-state index is 12.1. The fraction of sp³-hybridized carbons (Fsp3) is 0.533. The van der Waals surface area contributed by atoms with Gasteiger partial charge in [0.2, 0.25) is 5.91 Å². The van der Waals surface area contributed by atoms with Gasteiger partial charge in [0, 0.05) is 6.92 Å². The van der Waals surface area contributed by atoms with Gasteiger partial charge in [-0.1, -0.05) is 17.7 Å². The lowest BCUT2D eigenvalue weighted by molar-refractivity contribution is -0.252. The molecule has 2 rings (SSSR count). The van der Waals surface area contributed by atoms with Gasteiger partial charge in [0.15, 0.2) is 6.29 Å². The number of ether oxygens (including phenoxy) is 1. The predicted molar refractivity (Wildman–Crippen MR) is 84.8 cm³/mol. The molecule has 5 atom stereocenters. The highest BCUT2D eigenvalue weighted by Crippen LogP contribution is 2.22. The highest BCUT2D eigenvalue weighted by Gasteiger charge is 2.44. The molecule has 1 amide bonds. The van der Waals surface area contributed by atoms with E-state index in [4.69, 9.17) is 8.92 Å². The molecule has 1 aliphatic rings. The molecule has 1 saturated heterocycles. The zero-order valence-corrected chi connectivity index (χ0v) is 14.5. The molecule has 1 fully saturated rings. The number of benzene rings is 1. The lowest BCUT2D eigenvalue weighted by Gasteiger charge is -2.40. The second-order valence-electron chi connectivity index (χ2n) is 5.82. The average Bonchev–Trinajstić information content (AvgIpc) is 2.54. The zero-order chi connectivity index (χ0) is 18.8. The molecule has 0 aromatic heterocycles. The summed E-state index contributed by atoms with van der Waals surface area (Å²) < 4.78 is 34.2. The van der Waals surface area contributed by atoms with Crippen molar-refractivity contribution in [1.82, 2.24) is 5.32 Å². The van der Waals surface area contributed by atoms with E-state index in [9.17, 15) is 28.5 Å². The monoisotopic (exact) mass is 375 g/mol. The molecule has 0 unspecified atom stereocenters. The molecule has 1 aliphatic heterocycles. The van der Waals surface area contributed by atoms with Crippen molar-refractivity contribution in [2.45, 2.75) is 49.4 Å². The molecule has 0 radical (unpaired) electrons. The highest BCUT2D eigenvalue weighted by atomic mass is 32.2. The van der Waals surface area contributed by atoms with E-state index in [0.29, 0.717) is 0 Å². The van der Waals surface area contributed by atoms with Crippen LogP contribution < -0.4 is 5.32 Å². The Morgan fingerprint density at radius 1 is 1.20 bits per heavy atom. The third-order valence-electron chi connectivity index (χ3n) is 3.79. The van der Waals surface area contributed by atoms with E-state index in [1.807, 2.05) is 0 Å². The van der Waals surface area contributed by atoms with Crippen LogP contribution in [-0.2, 0) is 23.8 Å². The first-order valence-corrected chi connectivity index (χ1v) is 8.95. The van der Waals surface area contributed by atoms with E-state index in [0.717, 1.165) is 5.56 Å². The minimum Gasteiger partial charge on any atom is -0.388 e. The van der Waals surface area contributed by atoms with Gasteiger partial charge in [-0.3, -0.25) is 8.98 Å². The van der Waals surface area contributed by atoms with Gasteiger partial charge < -0.3 is 25.4 Å². The van der Waals surface area contributed by atoms with E-state index in [-0.39, 0.29) is 4.90 Å². The summed E-state index contributed by atoms with van der Waals surface area (Å²) >= 11 is 0. The summed E-state index contributed by atoms with van der Waals surface area (Å²) in [7, 11) is -4.09. The van der Waals surface area contributed by atoms with Crippen LogP contribution in [0, 0.1) is 6.92 Å². The number of hydrogen-bond donors (Lipinski definition) is 4. The minimum atomic E-state index is -4.09. The third-order valence-corrected chi connectivity index (χ3v) is 5.08. The molecule has 1 aromatic carbocycles. The van der Waals surface area contributed by atoms with E-state index in [1.165, 1.54) is 19.1 Å². The SMILES string of the molecule is CC(=O)N[C@H]1[C@H](O)[C@H](O)[C@@H](COS(=O)(=O)c2ccc(C)cc2)O[C@@H]1O. The van der Waals surface area contributed by atoms with Crippen molar-refractivity contribution in [3.8, 4) is 0 Å². The minimum absolute atomic E-state index is 0.0689. The first kappa shape index (κ1) is 19.8. The second kappa shape index (κ2) is 7.77. The van der Waals surface area contributed by atoms with Gasteiger partial charge in [-0.15, -0.1) is 0 Å². The summed E-state index contributed by atoms with van der Waals surface area (Å²) in [6.45, 7) is 2.37. The molecule has 9 nitrogen and oxygen atoms in total. The summed E-state index contributed by atoms with van der Waals surface area (Å²) in [5.41, 5.74) is 0.875. The van der Waals surface area contributed by atoms with Gasteiger partial charge in [0.25, 0.3) is 10.1 Å². The summed E-state index contributed by atoms with van der Waals surface area (Å²) in [6, 6.07) is 4.72. The van der Waals surface area contributed by atoms with Crippen LogP contribution in [0.4, 0.5) is 0 Å². The molecular formula is C15H21NO8S. The van der Waals surface area contributed by atoms with Crippen LogP contribution in [0.3, 0.4) is 0 Å². The Kier molecular flexibility index (Phi) is 6.14. The van der Waals surface area contributed by atoms with Crippen molar-refractivity contribution in [2.24, 2.45) is 0 Å². The topological polar surface area (TPSA) is 142 Å². The molecule has 1 aromatic rings. The van der Waals surface area contributed by atoms with Gasteiger partial charge >= 0.3 is 0 Å². The number of aliphatic hydroxyl groups is 3. The molecule has 4 N–H and O–H groups in total. The summed E-state index contributed by atoms with van der Waals surface area (Å²) in [6.07, 6.45) is -6.04. The fourth-order valence-electron chi connectivity index (χ4n) is 2.40. The van der Waals surface area contributed by atoms with Crippen molar-refractivity contribution >= 4 is 16.0 Å². The number of hydrogen-bond acceptors (Lipinski definition) is 8. The Bertz CT molecular complexity index is 705. The summed E-state index contributed by atoms with van der Waals surface area (Å²) in [5, 5.41) is 32.1. The number of carbonyl (C=O) groups excluding carboxylic acids is 1. The zero-order valence-electron chi connectivity index (χ0n) is 13.7. The maximum atomic E-state index is 12.1. The molecule has 1 heterocycles. The first-order chi connectivity index (χ1) is 11.6. The van der Waals surface area contributed by atoms with Crippen molar-refractivity contribution in [3.63, 3.8) is 0 Å². The van der Waals surface area contributed by atoms with Crippen LogP contribution in [0.15, 0.2) is 29.2 Å².